The average molecular weight is 290 g/mol. The molecule has 1 atom stereocenters. The molecule has 0 aromatic carbocycles. The minimum Gasteiger partial charge on any atom is -0.385 e. The normalized spacial score (nSPS) is 26.9. The molecule has 2 saturated heterocycles. The fourth-order valence-electron chi connectivity index (χ4n) is 3.10. The third-order valence-electron chi connectivity index (χ3n) is 4.15. The highest BCUT2D eigenvalue weighted by molar-refractivity contribution is 7.86. The van der Waals surface area contributed by atoms with Crippen LogP contribution >= 0.6 is 0 Å². The molecule has 0 N–H and O–H groups in total. The Bertz CT molecular complexity index is 366. The van der Waals surface area contributed by atoms with Gasteiger partial charge in [-0.15, -0.1) is 0 Å². The third kappa shape index (κ3) is 3.68. The lowest BCUT2D eigenvalue weighted by atomic mass is 10.0. The fourth-order valence-corrected chi connectivity index (χ4v) is 5.06. The third-order valence-corrected chi connectivity index (χ3v) is 6.24. The molecule has 0 saturated carbocycles. The summed E-state index contributed by atoms with van der Waals surface area (Å²) in [5, 5.41) is 0. The Hall–Kier alpha value is -0.170. The van der Waals surface area contributed by atoms with Gasteiger partial charge in [0.25, 0.3) is 10.2 Å². The van der Waals surface area contributed by atoms with E-state index in [9.17, 15) is 8.42 Å². The quantitative estimate of drug-likeness (QED) is 0.698. The highest BCUT2D eigenvalue weighted by Crippen LogP contribution is 2.27. The van der Waals surface area contributed by atoms with E-state index < -0.39 is 10.2 Å². The molecule has 19 heavy (non-hydrogen) atoms. The van der Waals surface area contributed by atoms with E-state index in [-0.39, 0.29) is 6.04 Å². The zero-order valence-electron chi connectivity index (χ0n) is 11.9. The summed E-state index contributed by atoms with van der Waals surface area (Å²) in [6.45, 7) is 2.80. The van der Waals surface area contributed by atoms with Crippen molar-refractivity contribution in [2.24, 2.45) is 0 Å². The topological polar surface area (TPSA) is 49.9 Å². The number of hydrogen-bond donors (Lipinski definition) is 0. The van der Waals surface area contributed by atoms with Crippen molar-refractivity contribution in [2.45, 2.75) is 51.0 Å². The van der Waals surface area contributed by atoms with E-state index in [1.165, 1.54) is 0 Å². The van der Waals surface area contributed by atoms with Crippen molar-refractivity contribution in [2.75, 3.05) is 33.4 Å². The Morgan fingerprint density at radius 1 is 1.11 bits per heavy atom. The van der Waals surface area contributed by atoms with E-state index in [1.807, 2.05) is 0 Å². The lowest BCUT2D eigenvalue weighted by Gasteiger charge is -2.37. The first kappa shape index (κ1) is 15.2. The summed E-state index contributed by atoms with van der Waals surface area (Å²) in [4.78, 5) is 0. The Kier molecular flexibility index (Phi) is 5.62. The molecule has 0 amide bonds. The van der Waals surface area contributed by atoms with Crippen LogP contribution in [0.5, 0.6) is 0 Å². The molecule has 2 fully saturated rings. The average Bonchev–Trinajstić information content (AvgIpc) is 2.94. The number of nitrogens with zero attached hydrogens (tertiary/aromatic N) is 2. The van der Waals surface area contributed by atoms with Gasteiger partial charge in [-0.25, -0.2) is 0 Å². The van der Waals surface area contributed by atoms with Gasteiger partial charge in [0.15, 0.2) is 0 Å². The Balaban J connectivity index is 2.01. The molecule has 1 unspecified atom stereocenters. The first-order valence-electron chi connectivity index (χ1n) is 7.42. The molecule has 0 spiro atoms. The molecule has 5 nitrogen and oxygen atoms in total. The summed E-state index contributed by atoms with van der Waals surface area (Å²) >= 11 is 0. The Morgan fingerprint density at radius 2 is 1.79 bits per heavy atom. The van der Waals surface area contributed by atoms with Crippen molar-refractivity contribution in [1.29, 1.82) is 0 Å². The van der Waals surface area contributed by atoms with Crippen molar-refractivity contribution in [3.05, 3.63) is 0 Å². The second kappa shape index (κ2) is 7.02. The molecular formula is C13H26N2O3S. The lowest BCUT2D eigenvalue weighted by molar-refractivity contribution is 0.169. The van der Waals surface area contributed by atoms with E-state index >= 15 is 0 Å². The number of ether oxygens (including phenoxy) is 1. The lowest BCUT2D eigenvalue weighted by Crippen LogP contribution is -2.49. The van der Waals surface area contributed by atoms with Crippen LogP contribution in [0.4, 0.5) is 0 Å². The molecule has 0 bridgehead atoms. The maximum Gasteiger partial charge on any atom is 0.282 e. The van der Waals surface area contributed by atoms with Crippen molar-refractivity contribution in [1.82, 2.24) is 8.61 Å². The van der Waals surface area contributed by atoms with Crippen LogP contribution in [0, 0.1) is 0 Å². The minimum atomic E-state index is -3.22. The van der Waals surface area contributed by atoms with Gasteiger partial charge in [-0.3, -0.25) is 0 Å². The molecule has 2 heterocycles. The van der Waals surface area contributed by atoms with Crippen molar-refractivity contribution >= 4 is 10.2 Å². The van der Waals surface area contributed by atoms with Crippen LogP contribution in [0.1, 0.15) is 44.9 Å². The van der Waals surface area contributed by atoms with E-state index in [0.29, 0.717) is 26.2 Å². The molecular weight excluding hydrogens is 264 g/mol. The van der Waals surface area contributed by atoms with Crippen LogP contribution in [0.3, 0.4) is 0 Å². The molecule has 2 aliphatic rings. The monoisotopic (exact) mass is 290 g/mol. The standard InChI is InChI=1S/C13H26N2O3S/c1-18-12-6-8-13-7-2-3-11-15(13)19(16,17)14-9-4-5-10-14/h13H,2-12H2,1H3. The smallest absolute Gasteiger partial charge is 0.282 e. The predicted octanol–water partition coefficient (Wildman–Crippen LogP) is 1.61. The van der Waals surface area contributed by atoms with Crippen LogP contribution in [-0.4, -0.2) is 56.4 Å². The van der Waals surface area contributed by atoms with Gasteiger partial charge in [-0.2, -0.15) is 17.0 Å². The molecule has 2 rings (SSSR count). The second-order valence-corrected chi connectivity index (χ2v) is 7.39. The molecule has 2 aliphatic heterocycles. The van der Waals surface area contributed by atoms with Gasteiger partial charge in [-0.05, 0) is 38.5 Å². The fraction of sp³-hybridized carbons (Fsp3) is 1.00. The number of rotatable bonds is 6. The van der Waals surface area contributed by atoms with Gasteiger partial charge >= 0.3 is 0 Å². The summed E-state index contributed by atoms with van der Waals surface area (Å²) in [5.41, 5.74) is 0. The summed E-state index contributed by atoms with van der Waals surface area (Å²) in [7, 11) is -1.53. The van der Waals surface area contributed by atoms with Gasteiger partial charge in [0.2, 0.25) is 0 Å². The molecule has 6 heteroatoms. The van der Waals surface area contributed by atoms with E-state index in [0.717, 1.165) is 44.9 Å². The number of methoxy groups -OCH3 is 1. The predicted molar refractivity (Wildman–Crippen MR) is 75.2 cm³/mol. The molecule has 0 aromatic heterocycles. The van der Waals surface area contributed by atoms with Crippen LogP contribution in [0.2, 0.25) is 0 Å². The number of hydrogen-bond acceptors (Lipinski definition) is 3. The summed E-state index contributed by atoms with van der Waals surface area (Å²) < 4.78 is 33.8. The van der Waals surface area contributed by atoms with Gasteiger partial charge in [0, 0.05) is 39.4 Å². The van der Waals surface area contributed by atoms with E-state index in [2.05, 4.69) is 0 Å². The zero-order valence-corrected chi connectivity index (χ0v) is 12.7. The maximum absolute atomic E-state index is 12.7. The molecule has 0 aliphatic carbocycles. The first-order valence-corrected chi connectivity index (χ1v) is 8.82. The summed E-state index contributed by atoms with van der Waals surface area (Å²) in [6.07, 6.45) is 6.99. The van der Waals surface area contributed by atoms with Crippen LogP contribution in [-0.2, 0) is 14.9 Å². The molecule has 112 valence electrons. The Morgan fingerprint density at radius 3 is 2.47 bits per heavy atom. The van der Waals surface area contributed by atoms with Crippen molar-refractivity contribution in [3.8, 4) is 0 Å². The Labute approximate surface area is 117 Å². The second-order valence-electron chi connectivity index (χ2n) is 5.51. The largest absolute Gasteiger partial charge is 0.385 e. The van der Waals surface area contributed by atoms with Crippen LogP contribution < -0.4 is 0 Å². The van der Waals surface area contributed by atoms with E-state index in [1.54, 1.807) is 15.7 Å². The summed E-state index contributed by atoms with van der Waals surface area (Å²) in [5.74, 6) is 0. The first-order chi connectivity index (χ1) is 9.16. The minimum absolute atomic E-state index is 0.175. The number of piperidine rings is 1. The van der Waals surface area contributed by atoms with Crippen molar-refractivity contribution in [3.63, 3.8) is 0 Å². The summed E-state index contributed by atoms with van der Waals surface area (Å²) in [6, 6.07) is 0.175. The van der Waals surface area contributed by atoms with Crippen LogP contribution in [0.25, 0.3) is 0 Å². The zero-order chi connectivity index (χ0) is 13.7. The van der Waals surface area contributed by atoms with Crippen molar-refractivity contribution < 1.29 is 13.2 Å². The van der Waals surface area contributed by atoms with Gasteiger partial charge in [0.05, 0.1) is 0 Å². The molecule has 0 aromatic rings. The maximum atomic E-state index is 12.7. The highest BCUT2D eigenvalue weighted by atomic mass is 32.2. The van der Waals surface area contributed by atoms with Crippen LogP contribution in [0.15, 0.2) is 0 Å². The van der Waals surface area contributed by atoms with E-state index in [4.69, 9.17) is 4.74 Å². The molecule has 0 radical (unpaired) electrons. The van der Waals surface area contributed by atoms with Gasteiger partial charge < -0.3 is 4.74 Å². The van der Waals surface area contributed by atoms with Gasteiger partial charge in [-0.1, -0.05) is 6.42 Å². The van der Waals surface area contributed by atoms with Gasteiger partial charge in [0.1, 0.15) is 0 Å². The highest BCUT2D eigenvalue weighted by Gasteiger charge is 2.37. The SMILES string of the molecule is COCCCC1CCCCN1S(=O)(=O)N1CCCC1.